The first kappa shape index (κ1) is 29.6. The van der Waals surface area contributed by atoms with Gasteiger partial charge < -0.3 is 15.0 Å². The van der Waals surface area contributed by atoms with Gasteiger partial charge in [0, 0.05) is 23.9 Å². The number of rotatable bonds is 7. The van der Waals surface area contributed by atoms with Crippen molar-refractivity contribution in [2.75, 3.05) is 32.9 Å². The second-order valence-corrected chi connectivity index (χ2v) is 12.5. The lowest BCUT2D eigenvalue weighted by Gasteiger charge is -2.29. The lowest BCUT2D eigenvalue weighted by molar-refractivity contribution is -0.274. The number of thiazole rings is 1. The summed E-state index contributed by atoms with van der Waals surface area (Å²) in [5.74, 6) is 0.367. The molecule has 1 aromatic carbocycles. The third-order valence-corrected chi connectivity index (χ3v) is 7.78. The molecule has 9 nitrogen and oxygen atoms in total. The third kappa shape index (κ3) is 10.8. The summed E-state index contributed by atoms with van der Waals surface area (Å²) in [6, 6.07) is 5.63. The Hall–Kier alpha value is -1.91. The molecule has 1 amide bonds. The van der Waals surface area contributed by atoms with Gasteiger partial charge in [-0.25, -0.2) is 4.98 Å². The van der Waals surface area contributed by atoms with Gasteiger partial charge in [0.05, 0.1) is 17.2 Å². The fraction of sp³-hybridized carbons (Fsp3) is 0.545. The summed E-state index contributed by atoms with van der Waals surface area (Å²) < 4.78 is 66.7. The van der Waals surface area contributed by atoms with Crippen molar-refractivity contribution >= 4 is 39.1 Å². The molecule has 15 heteroatoms. The molecule has 4 rings (SSSR count). The van der Waals surface area contributed by atoms with E-state index in [0.29, 0.717) is 29.2 Å². The Labute approximate surface area is 221 Å². The van der Waals surface area contributed by atoms with Crippen LogP contribution in [0.4, 0.5) is 13.2 Å². The van der Waals surface area contributed by atoms with Crippen LogP contribution in [0.5, 0.6) is 5.75 Å². The summed E-state index contributed by atoms with van der Waals surface area (Å²) in [7, 11) is -1.53. The number of likely N-dealkylation sites (tertiary alicyclic amines) is 1. The lowest BCUT2D eigenvalue weighted by atomic mass is 9.97. The summed E-state index contributed by atoms with van der Waals surface area (Å²) in [6.07, 6.45) is -1.15. The molecule has 37 heavy (non-hydrogen) atoms. The highest BCUT2D eigenvalue weighted by Gasteiger charge is 2.34. The number of nitrogens with one attached hydrogen (secondary N) is 2. The Kier molecular flexibility index (Phi) is 10.2. The molecule has 0 aliphatic carbocycles. The first-order valence-electron chi connectivity index (χ1n) is 11.4. The van der Waals surface area contributed by atoms with Crippen LogP contribution in [-0.2, 0) is 21.3 Å². The molecule has 0 bridgehead atoms. The van der Waals surface area contributed by atoms with Crippen LogP contribution >= 0.6 is 23.1 Å². The largest absolute Gasteiger partial charge is 0.573 e. The highest BCUT2D eigenvalue weighted by atomic mass is 32.2. The van der Waals surface area contributed by atoms with Crippen molar-refractivity contribution in [1.82, 2.24) is 20.5 Å². The van der Waals surface area contributed by atoms with Gasteiger partial charge in [-0.3, -0.25) is 14.7 Å². The second kappa shape index (κ2) is 12.8. The SMILES string of the molecule is CN1CCC(CNC2NC(=O)C(Cc3csc(-c4ccc(OC(F)(F)F)cc4)n3)S2)CC1.CS(=O)(=O)O. The number of carbonyl (C=O) groups is 1. The number of hydrogen-bond acceptors (Lipinski definition) is 9. The minimum absolute atomic E-state index is 0.000852. The monoisotopic (exact) mass is 582 g/mol. The van der Waals surface area contributed by atoms with E-state index in [-0.39, 0.29) is 22.4 Å². The van der Waals surface area contributed by atoms with Gasteiger partial charge >= 0.3 is 6.36 Å². The maximum atomic E-state index is 12.4. The number of hydrogen-bond donors (Lipinski definition) is 3. The van der Waals surface area contributed by atoms with Crippen molar-refractivity contribution in [2.45, 2.75) is 36.4 Å². The molecule has 0 spiro atoms. The van der Waals surface area contributed by atoms with Gasteiger partial charge in [-0.2, -0.15) is 8.42 Å². The summed E-state index contributed by atoms with van der Waals surface area (Å²) >= 11 is 2.98. The number of nitrogens with zero attached hydrogens (tertiary/aromatic N) is 2. The fourth-order valence-electron chi connectivity index (χ4n) is 3.78. The van der Waals surface area contributed by atoms with Crippen LogP contribution in [0.3, 0.4) is 0 Å². The summed E-state index contributed by atoms with van der Waals surface area (Å²) in [6.45, 7) is 3.13. The molecule has 2 unspecified atom stereocenters. The van der Waals surface area contributed by atoms with Crippen molar-refractivity contribution in [2.24, 2.45) is 5.92 Å². The molecule has 2 atom stereocenters. The summed E-state index contributed by atoms with van der Waals surface area (Å²) in [5, 5.41) is 8.84. The smallest absolute Gasteiger partial charge is 0.406 e. The maximum absolute atomic E-state index is 12.4. The first-order valence-corrected chi connectivity index (χ1v) is 15.0. The second-order valence-electron chi connectivity index (χ2n) is 8.82. The highest BCUT2D eigenvalue weighted by molar-refractivity contribution is 8.01. The van der Waals surface area contributed by atoms with Gasteiger partial charge in [0.15, 0.2) is 0 Å². The minimum Gasteiger partial charge on any atom is -0.406 e. The van der Waals surface area contributed by atoms with E-state index in [0.717, 1.165) is 25.3 Å². The van der Waals surface area contributed by atoms with Gasteiger partial charge in [0.2, 0.25) is 5.91 Å². The normalized spacial score (nSPS) is 21.3. The van der Waals surface area contributed by atoms with E-state index < -0.39 is 16.5 Å². The molecule has 0 saturated carbocycles. The van der Waals surface area contributed by atoms with Crippen LogP contribution in [0.25, 0.3) is 10.6 Å². The summed E-state index contributed by atoms with van der Waals surface area (Å²) in [5.41, 5.74) is 1.41. The first-order chi connectivity index (χ1) is 17.2. The molecule has 3 heterocycles. The van der Waals surface area contributed by atoms with E-state index in [4.69, 9.17) is 4.55 Å². The Morgan fingerprint density at radius 1 is 1.24 bits per heavy atom. The van der Waals surface area contributed by atoms with E-state index in [2.05, 4.69) is 32.3 Å². The highest BCUT2D eigenvalue weighted by Crippen LogP contribution is 2.31. The van der Waals surface area contributed by atoms with E-state index in [1.54, 1.807) is 23.9 Å². The Morgan fingerprint density at radius 2 is 1.86 bits per heavy atom. The number of halogens is 3. The predicted octanol–water partition coefficient (Wildman–Crippen LogP) is 3.20. The predicted molar refractivity (Wildman–Crippen MR) is 137 cm³/mol. The van der Waals surface area contributed by atoms with Crippen LogP contribution in [-0.4, -0.2) is 78.8 Å². The molecule has 206 valence electrons. The number of alkyl halides is 3. The molecule has 2 aromatic rings. The van der Waals surface area contributed by atoms with Gasteiger partial charge in [-0.15, -0.1) is 36.3 Å². The van der Waals surface area contributed by atoms with E-state index in [9.17, 15) is 26.4 Å². The standard InChI is InChI=1S/C21H25F3N4O2S2.CH4O3S/c1-28-8-6-13(7-9-28)11-25-20-27-18(29)17(32-20)10-15-12-31-19(26-15)14-2-4-16(5-3-14)30-21(22,23)24;1-5(2,3)4/h2-5,12-13,17,20,25H,6-11H2,1H3,(H,27,29);1H3,(H,2,3,4). The van der Waals surface area contributed by atoms with Crippen molar-refractivity contribution < 1.29 is 35.7 Å². The zero-order chi connectivity index (χ0) is 27.2. The Bertz CT molecular complexity index is 1130. The molecule has 2 saturated heterocycles. The van der Waals surface area contributed by atoms with Crippen molar-refractivity contribution in [3.8, 4) is 16.3 Å². The molecular formula is C22H29F3N4O5S3. The Morgan fingerprint density at radius 3 is 2.46 bits per heavy atom. The van der Waals surface area contributed by atoms with Crippen molar-refractivity contribution in [3.05, 3.63) is 35.3 Å². The molecule has 1 aromatic heterocycles. The van der Waals surface area contributed by atoms with Crippen LogP contribution in [0.15, 0.2) is 29.6 Å². The van der Waals surface area contributed by atoms with E-state index in [1.165, 1.54) is 36.3 Å². The average Bonchev–Trinajstić information content (AvgIpc) is 3.38. The molecule has 3 N–H and O–H groups in total. The zero-order valence-electron chi connectivity index (χ0n) is 20.2. The number of ether oxygens (including phenoxy) is 1. The maximum Gasteiger partial charge on any atom is 0.573 e. The van der Waals surface area contributed by atoms with Crippen molar-refractivity contribution in [1.29, 1.82) is 0 Å². The number of aromatic nitrogens is 1. The van der Waals surface area contributed by atoms with Gasteiger partial charge in [0.1, 0.15) is 16.3 Å². The summed E-state index contributed by atoms with van der Waals surface area (Å²) in [4.78, 5) is 19.3. The molecule has 2 fully saturated rings. The van der Waals surface area contributed by atoms with E-state index >= 15 is 0 Å². The Balaban J connectivity index is 0.000000695. The number of piperidine rings is 1. The fourth-order valence-corrected chi connectivity index (χ4v) is 5.79. The number of amides is 1. The number of benzene rings is 1. The van der Waals surface area contributed by atoms with Gasteiger partial charge in [-0.05, 0) is 63.2 Å². The molecule has 0 radical (unpaired) electrons. The quantitative estimate of drug-likeness (QED) is 0.423. The molecule has 2 aliphatic rings. The van der Waals surface area contributed by atoms with Crippen LogP contribution in [0, 0.1) is 5.92 Å². The van der Waals surface area contributed by atoms with Crippen molar-refractivity contribution in [3.63, 3.8) is 0 Å². The average molecular weight is 583 g/mol. The molecular weight excluding hydrogens is 553 g/mol. The van der Waals surface area contributed by atoms with Gasteiger partial charge in [0.25, 0.3) is 10.1 Å². The zero-order valence-corrected chi connectivity index (χ0v) is 22.6. The van der Waals surface area contributed by atoms with E-state index in [1.807, 2.05) is 5.38 Å². The van der Waals surface area contributed by atoms with Gasteiger partial charge in [-0.1, -0.05) is 0 Å². The number of thioether (sulfide) groups is 1. The lowest BCUT2D eigenvalue weighted by Crippen LogP contribution is -2.42. The number of carbonyl (C=O) groups excluding carboxylic acids is 1. The minimum atomic E-state index is -4.71. The van der Waals surface area contributed by atoms with Crippen LogP contribution in [0.2, 0.25) is 0 Å². The third-order valence-electron chi connectivity index (χ3n) is 5.58. The molecule has 2 aliphatic heterocycles. The topological polar surface area (TPSA) is 121 Å². The van der Waals surface area contributed by atoms with Crippen LogP contribution in [0.1, 0.15) is 18.5 Å². The van der Waals surface area contributed by atoms with Crippen LogP contribution < -0.4 is 15.4 Å².